The summed E-state index contributed by atoms with van der Waals surface area (Å²) in [5.41, 5.74) is 0. The Bertz CT molecular complexity index is 552. The van der Waals surface area contributed by atoms with Crippen LogP contribution in [0.1, 0.15) is 38.5 Å². The SMILES string of the molecule is COCCOc1ccc(N2CCN(C(=O)CC3CCCCC3)CC2)nn1. The number of nitrogens with zero attached hydrogens (tertiary/aromatic N) is 4. The summed E-state index contributed by atoms with van der Waals surface area (Å²) in [7, 11) is 1.64. The van der Waals surface area contributed by atoms with Crippen molar-refractivity contribution in [1.29, 1.82) is 0 Å². The van der Waals surface area contributed by atoms with Gasteiger partial charge in [-0.3, -0.25) is 4.79 Å². The molecule has 0 unspecified atom stereocenters. The van der Waals surface area contributed by atoms with Gasteiger partial charge in [0.05, 0.1) is 6.61 Å². The molecule has 0 bridgehead atoms. The van der Waals surface area contributed by atoms with Gasteiger partial charge in [0.1, 0.15) is 6.61 Å². The predicted octanol–water partition coefficient (Wildman–Crippen LogP) is 2.12. The minimum Gasteiger partial charge on any atom is -0.474 e. The van der Waals surface area contributed by atoms with Gasteiger partial charge in [-0.1, -0.05) is 19.3 Å². The van der Waals surface area contributed by atoms with Crippen LogP contribution in [0.5, 0.6) is 5.88 Å². The summed E-state index contributed by atoms with van der Waals surface area (Å²) in [5, 5.41) is 8.36. The third-order valence-electron chi connectivity index (χ3n) is 5.31. The lowest BCUT2D eigenvalue weighted by molar-refractivity contribution is -0.132. The van der Waals surface area contributed by atoms with Crippen molar-refractivity contribution in [2.24, 2.45) is 5.92 Å². The molecule has 0 atom stereocenters. The smallest absolute Gasteiger partial charge is 0.233 e. The molecule has 2 heterocycles. The fourth-order valence-corrected chi connectivity index (χ4v) is 3.74. The van der Waals surface area contributed by atoms with Gasteiger partial charge >= 0.3 is 0 Å². The van der Waals surface area contributed by atoms with Crippen LogP contribution in [0.15, 0.2) is 12.1 Å². The van der Waals surface area contributed by atoms with E-state index in [2.05, 4.69) is 15.1 Å². The van der Waals surface area contributed by atoms with E-state index >= 15 is 0 Å². The van der Waals surface area contributed by atoms with E-state index in [4.69, 9.17) is 9.47 Å². The number of hydrogen-bond acceptors (Lipinski definition) is 6. The summed E-state index contributed by atoms with van der Waals surface area (Å²) < 4.78 is 10.4. The number of carbonyl (C=O) groups is 1. The minimum atomic E-state index is 0.324. The number of piperazine rings is 1. The first kappa shape index (κ1) is 18.9. The van der Waals surface area contributed by atoms with Gasteiger partial charge in [0.2, 0.25) is 11.8 Å². The summed E-state index contributed by atoms with van der Waals surface area (Å²) in [4.78, 5) is 16.7. The molecule has 1 saturated heterocycles. The molecule has 2 aliphatic rings. The van der Waals surface area contributed by atoms with Gasteiger partial charge in [-0.05, 0) is 24.8 Å². The number of methoxy groups -OCH3 is 1. The van der Waals surface area contributed by atoms with Crippen LogP contribution in [0, 0.1) is 5.92 Å². The largest absolute Gasteiger partial charge is 0.474 e. The summed E-state index contributed by atoms with van der Waals surface area (Å²) >= 11 is 0. The second-order valence-corrected chi connectivity index (χ2v) is 7.15. The highest BCUT2D eigenvalue weighted by Gasteiger charge is 2.25. The lowest BCUT2D eigenvalue weighted by Crippen LogP contribution is -2.49. The molecule has 0 spiro atoms. The number of amides is 1. The highest BCUT2D eigenvalue weighted by molar-refractivity contribution is 5.76. The van der Waals surface area contributed by atoms with E-state index in [-0.39, 0.29) is 0 Å². The summed E-state index contributed by atoms with van der Waals surface area (Å²) in [6.45, 7) is 4.12. The fourth-order valence-electron chi connectivity index (χ4n) is 3.74. The maximum absolute atomic E-state index is 12.5. The van der Waals surface area contributed by atoms with E-state index in [0.29, 0.717) is 30.9 Å². The number of hydrogen-bond donors (Lipinski definition) is 0. The molecule has 1 amide bonds. The maximum atomic E-state index is 12.5. The van der Waals surface area contributed by atoms with Crippen LogP contribution >= 0.6 is 0 Å². The van der Waals surface area contributed by atoms with Crippen LogP contribution in [-0.2, 0) is 9.53 Å². The molecule has 0 N–H and O–H groups in total. The topological polar surface area (TPSA) is 67.8 Å². The lowest BCUT2D eigenvalue weighted by atomic mass is 9.86. The molecule has 3 rings (SSSR count). The molecule has 1 aliphatic heterocycles. The fraction of sp³-hybridized carbons (Fsp3) is 0.737. The van der Waals surface area contributed by atoms with Gasteiger partial charge in [-0.2, -0.15) is 0 Å². The molecule has 144 valence electrons. The molecule has 1 aliphatic carbocycles. The van der Waals surface area contributed by atoms with Crippen molar-refractivity contribution in [3.05, 3.63) is 12.1 Å². The number of anilines is 1. The number of rotatable bonds is 7. The molecule has 1 aromatic rings. The van der Waals surface area contributed by atoms with Crippen LogP contribution < -0.4 is 9.64 Å². The Labute approximate surface area is 155 Å². The predicted molar refractivity (Wildman–Crippen MR) is 99.4 cm³/mol. The number of aromatic nitrogens is 2. The first-order chi connectivity index (χ1) is 12.8. The Morgan fingerprint density at radius 1 is 1.08 bits per heavy atom. The minimum absolute atomic E-state index is 0.324. The molecule has 26 heavy (non-hydrogen) atoms. The van der Waals surface area contributed by atoms with E-state index < -0.39 is 0 Å². The van der Waals surface area contributed by atoms with Crippen molar-refractivity contribution < 1.29 is 14.3 Å². The van der Waals surface area contributed by atoms with E-state index in [1.165, 1.54) is 32.1 Å². The summed E-state index contributed by atoms with van der Waals surface area (Å²) in [6.07, 6.45) is 7.08. The highest BCUT2D eigenvalue weighted by Crippen LogP contribution is 2.27. The zero-order chi connectivity index (χ0) is 18.2. The number of ether oxygens (including phenoxy) is 2. The second-order valence-electron chi connectivity index (χ2n) is 7.15. The second kappa shape index (κ2) is 9.71. The van der Waals surface area contributed by atoms with Gasteiger partial charge in [0.25, 0.3) is 0 Å². The van der Waals surface area contributed by atoms with E-state index in [1.54, 1.807) is 7.11 Å². The van der Waals surface area contributed by atoms with Gasteiger partial charge in [-0.25, -0.2) is 0 Å². The average molecular weight is 362 g/mol. The van der Waals surface area contributed by atoms with Crippen molar-refractivity contribution in [3.8, 4) is 5.88 Å². The summed E-state index contributed by atoms with van der Waals surface area (Å²) in [6, 6.07) is 3.76. The first-order valence-corrected chi connectivity index (χ1v) is 9.74. The quantitative estimate of drug-likeness (QED) is 0.692. The van der Waals surface area contributed by atoms with Crippen LogP contribution in [0.2, 0.25) is 0 Å². The lowest BCUT2D eigenvalue weighted by Gasteiger charge is -2.36. The molecule has 0 aromatic carbocycles. The Balaban J connectivity index is 1.43. The van der Waals surface area contributed by atoms with Crippen molar-refractivity contribution >= 4 is 11.7 Å². The van der Waals surface area contributed by atoms with Crippen LogP contribution in [-0.4, -0.2) is 67.5 Å². The average Bonchev–Trinajstić information content (AvgIpc) is 2.70. The monoisotopic (exact) mass is 362 g/mol. The van der Waals surface area contributed by atoms with Crippen molar-refractivity contribution in [3.63, 3.8) is 0 Å². The molecule has 1 aromatic heterocycles. The van der Waals surface area contributed by atoms with Gasteiger partial charge in [0.15, 0.2) is 5.82 Å². The van der Waals surface area contributed by atoms with Crippen LogP contribution in [0.25, 0.3) is 0 Å². The Hall–Kier alpha value is -1.89. The Morgan fingerprint density at radius 2 is 1.85 bits per heavy atom. The molecule has 0 radical (unpaired) electrons. The highest BCUT2D eigenvalue weighted by atomic mass is 16.5. The van der Waals surface area contributed by atoms with Crippen molar-refractivity contribution in [2.45, 2.75) is 38.5 Å². The zero-order valence-electron chi connectivity index (χ0n) is 15.7. The van der Waals surface area contributed by atoms with Gasteiger partial charge in [0, 0.05) is 45.8 Å². The normalized spacial score (nSPS) is 18.8. The third kappa shape index (κ3) is 5.30. The first-order valence-electron chi connectivity index (χ1n) is 9.74. The van der Waals surface area contributed by atoms with E-state index in [0.717, 1.165) is 38.4 Å². The zero-order valence-corrected chi connectivity index (χ0v) is 15.7. The Kier molecular flexibility index (Phi) is 7.05. The number of carbonyl (C=O) groups excluding carboxylic acids is 1. The molecular formula is C19H30N4O3. The summed E-state index contributed by atoms with van der Waals surface area (Å²) in [5.74, 6) is 2.27. The molecule has 1 saturated carbocycles. The van der Waals surface area contributed by atoms with Crippen molar-refractivity contribution in [1.82, 2.24) is 15.1 Å². The molecule has 2 fully saturated rings. The third-order valence-corrected chi connectivity index (χ3v) is 5.31. The van der Waals surface area contributed by atoms with Crippen molar-refractivity contribution in [2.75, 3.05) is 51.4 Å². The maximum Gasteiger partial charge on any atom is 0.233 e. The van der Waals surface area contributed by atoms with E-state index in [9.17, 15) is 4.79 Å². The molecule has 7 heteroatoms. The molecular weight excluding hydrogens is 332 g/mol. The van der Waals surface area contributed by atoms with Gasteiger partial charge in [-0.15, -0.1) is 10.2 Å². The van der Waals surface area contributed by atoms with Crippen LogP contribution in [0.4, 0.5) is 5.82 Å². The Morgan fingerprint density at radius 3 is 2.50 bits per heavy atom. The molecule has 7 nitrogen and oxygen atoms in total. The standard InChI is InChI=1S/C19H30N4O3/c1-25-13-14-26-18-8-7-17(20-21-18)22-9-11-23(12-10-22)19(24)15-16-5-3-2-4-6-16/h7-8,16H,2-6,9-15H2,1H3. The van der Waals surface area contributed by atoms with Crippen LogP contribution in [0.3, 0.4) is 0 Å². The van der Waals surface area contributed by atoms with E-state index in [1.807, 2.05) is 17.0 Å². The van der Waals surface area contributed by atoms with Gasteiger partial charge < -0.3 is 19.3 Å².